The molecule has 2 aliphatic carbocycles. The summed E-state index contributed by atoms with van der Waals surface area (Å²) < 4.78 is 5.07. The molecule has 2 saturated carbocycles. The number of aliphatic hydroxyl groups is 1. The average molecular weight is 1860 g/mol. The number of ether oxygens (including phenoxy) is 1. The van der Waals surface area contributed by atoms with Gasteiger partial charge in [0.25, 0.3) is 0 Å². The number of nitrogens with zero attached hydrogens (tertiary/aromatic N) is 16. The van der Waals surface area contributed by atoms with Crippen LogP contribution in [0, 0.1) is 0 Å². The molecule has 11 aliphatic heterocycles. The fourth-order valence-electron chi connectivity index (χ4n) is 22.1. The molecular formula is C109H228N18O4. The minimum Gasteiger partial charge on any atom is -0.480 e. The minimum atomic E-state index is -0.672. The number of aliphatic carboxylic acids is 1. The van der Waals surface area contributed by atoms with Gasteiger partial charge < -0.3 is 40.3 Å². The number of carbonyl (C=O) groups is 1. The van der Waals surface area contributed by atoms with Gasteiger partial charge in [-0.15, -0.1) is 0 Å². The Balaban J connectivity index is 0.000000306. The fraction of sp³-hybridized carbons (Fsp3) is 0.991. The lowest BCUT2D eigenvalue weighted by Gasteiger charge is -2.45. The highest BCUT2D eigenvalue weighted by Gasteiger charge is 2.39. The summed E-state index contributed by atoms with van der Waals surface area (Å²) in [5.74, 6) is -0.672. The number of hydrogen-bond donors (Lipinski definition) is 4. The van der Waals surface area contributed by atoms with E-state index in [4.69, 9.17) is 14.9 Å². The van der Waals surface area contributed by atoms with Crippen molar-refractivity contribution in [2.75, 3.05) is 250 Å². The molecule has 1 unspecified atom stereocenters. The van der Waals surface area contributed by atoms with Crippen LogP contribution in [0.15, 0.2) is 0 Å². The summed E-state index contributed by atoms with van der Waals surface area (Å²) in [6.45, 7) is 114. The van der Waals surface area contributed by atoms with Gasteiger partial charge in [-0.2, -0.15) is 0 Å². The van der Waals surface area contributed by atoms with E-state index in [1.807, 2.05) is 0 Å². The Labute approximate surface area is 814 Å². The monoisotopic (exact) mass is 1850 g/mol. The summed E-state index contributed by atoms with van der Waals surface area (Å²) in [5.41, 5.74) is 3.13. The van der Waals surface area contributed by atoms with Crippen molar-refractivity contribution in [1.29, 1.82) is 0 Å². The molecular weight excluding hydrogens is 1630 g/mol. The van der Waals surface area contributed by atoms with Crippen molar-refractivity contribution in [2.24, 2.45) is 0 Å². The molecule has 11 saturated heterocycles. The number of carboxylic acids is 1. The number of piperazine rings is 6. The van der Waals surface area contributed by atoms with Crippen LogP contribution in [0.25, 0.3) is 0 Å². The summed E-state index contributed by atoms with van der Waals surface area (Å²) in [6.07, 6.45) is 28.5. The summed E-state index contributed by atoms with van der Waals surface area (Å²) in [6, 6.07) is 4.59. The third kappa shape index (κ3) is 47.4. The topological polar surface area (TPSA) is 143 Å². The zero-order valence-corrected chi connectivity index (χ0v) is 94.0. The Bertz CT molecular complexity index is 2800. The van der Waals surface area contributed by atoms with Crippen LogP contribution in [0.5, 0.6) is 0 Å². The number of carboxylic acid groups (broad SMARTS) is 1. The third-order valence-corrected chi connectivity index (χ3v) is 30.9. The first kappa shape index (κ1) is 122. The van der Waals surface area contributed by atoms with Crippen LogP contribution in [0.1, 0.15) is 356 Å². The van der Waals surface area contributed by atoms with Crippen molar-refractivity contribution in [3.05, 3.63) is 0 Å². The Kier molecular flexibility index (Phi) is 54.3. The highest BCUT2D eigenvalue weighted by Crippen LogP contribution is 2.32. The van der Waals surface area contributed by atoms with Crippen LogP contribution >= 0.6 is 0 Å². The summed E-state index contributed by atoms with van der Waals surface area (Å²) in [7, 11) is 6.13. The molecule has 4 N–H and O–H groups in total. The van der Waals surface area contributed by atoms with Gasteiger partial charge >= 0.3 is 5.97 Å². The van der Waals surface area contributed by atoms with Crippen LogP contribution in [0.4, 0.5) is 0 Å². The van der Waals surface area contributed by atoms with E-state index in [1.165, 1.54) is 260 Å². The predicted molar refractivity (Wildman–Crippen MR) is 567 cm³/mol. The van der Waals surface area contributed by atoms with Gasteiger partial charge in [0, 0.05) is 289 Å². The Morgan fingerprint density at radius 1 is 0.321 bits per heavy atom. The zero-order valence-electron chi connectivity index (χ0n) is 94.0. The first-order chi connectivity index (χ1) is 60.8. The van der Waals surface area contributed by atoms with E-state index in [0.29, 0.717) is 61.9 Å². The Morgan fingerprint density at radius 2 is 0.618 bits per heavy atom. The largest absolute Gasteiger partial charge is 0.480 e. The number of aliphatic hydroxyl groups excluding tert-OH is 1. The molecule has 22 heteroatoms. The van der Waals surface area contributed by atoms with Crippen molar-refractivity contribution in [2.45, 2.75) is 454 Å². The molecule has 0 spiro atoms. The van der Waals surface area contributed by atoms with Crippen LogP contribution in [0.2, 0.25) is 0 Å². The number of methoxy groups -OCH3 is 1. The molecule has 11 heterocycles. The predicted octanol–water partition coefficient (Wildman–Crippen LogP) is 16.8. The van der Waals surface area contributed by atoms with E-state index in [9.17, 15) is 4.79 Å². The molecule has 0 radical (unpaired) electrons. The number of piperidine rings is 3. The number of likely N-dealkylation sites (tertiary alicyclic amines) is 5. The maximum absolute atomic E-state index is 11.0. The van der Waals surface area contributed by atoms with Crippen molar-refractivity contribution >= 4 is 5.97 Å². The number of likely N-dealkylation sites (N-methyl/N-ethyl adjacent to an activating group) is 1. The molecule has 4 atom stereocenters. The normalized spacial score (nSPS) is 25.8. The summed E-state index contributed by atoms with van der Waals surface area (Å²) in [4.78, 5) is 51.7. The second kappa shape index (κ2) is 58.3. The molecule has 0 aromatic rings. The fourth-order valence-corrected chi connectivity index (χ4v) is 22.1. The number of nitrogens with one attached hydrogen (secondary N) is 2. The Morgan fingerprint density at radius 3 is 0.916 bits per heavy atom. The Hall–Kier alpha value is -1.33. The maximum atomic E-state index is 11.0. The van der Waals surface area contributed by atoms with Crippen LogP contribution in [-0.2, 0) is 9.53 Å². The quantitative estimate of drug-likeness (QED) is 0.146. The first-order valence-corrected chi connectivity index (χ1v) is 54.4. The third-order valence-electron chi connectivity index (χ3n) is 30.9. The zero-order chi connectivity index (χ0) is 98.6. The second-order valence-corrected chi connectivity index (χ2v) is 51.6. The highest BCUT2D eigenvalue weighted by molar-refractivity contribution is 5.73. The number of hydrogen-bond acceptors (Lipinski definition) is 21. The molecule has 0 amide bonds. The molecule has 0 aromatic carbocycles. The molecule has 131 heavy (non-hydrogen) atoms. The van der Waals surface area contributed by atoms with Crippen LogP contribution < -0.4 is 10.6 Å². The lowest BCUT2D eigenvalue weighted by atomic mass is 9.93. The molecule has 0 bridgehead atoms. The lowest BCUT2D eigenvalue weighted by molar-refractivity contribution is -0.147. The van der Waals surface area contributed by atoms with Gasteiger partial charge in [0.05, 0.1) is 6.61 Å². The van der Waals surface area contributed by atoms with Gasteiger partial charge in [0.2, 0.25) is 0 Å². The highest BCUT2D eigenvalue weighted by atomic mass is 16.5. The van der Waals surface area contributed by atoms with Crippen molar-refractivity contribution in [3.63, 3.8) is 0 Å². The summed E-state index contributed by atoms with van der Waals surface area (Å²) in [5, 5.41) is 24.6. The molecule has 13 fully saturated rings. The smallest absolute Gasteiger partial charge is 0.320 e. The number of rotatable bonds is 11. The SMILES string of the molecule is CC(C)(C)N1CCC(N2CCCCC2)CC1.CC(C)(C)N1CCCC1.CC(C)(C)N1CCCC[C@@H]1C(=O)O.CC(C)(C)N1CCN(C2CCCC2)CC1.CC(C)(C)N1CCN(C2CCCCC2)CC1.CC(C)(C)N1CCN(CCO)CC1.CN(C)C1CCN(C(C)(C)C)C1.COCCCN1CCN(C(C)(C)C)CC1.C[C@@H]1CNCCN1C(C)(C)C.C[C@H]1CNCCN1C(C)(C)C. The average Bonchev–Trinajstić information content (AvgIpc) is 1.57. The standard InChI is InChI=1S/2C14H28N2.C13H26N2.C12H26N2O.C10H22N2O.C10H22N2.C10H19NO2.2C9H20N2.C8H17N/c1-14(2,3)16-11-7-13(8-12-16)15-9-5-4-6-10-15;1-14(2,3)16-11-9-15(10-12-16)13-7-5-4-6-8-13;1-13(2,3)15-10-8-14(9-11-15)12-6-4-5-7-12;1-12(2,3)14-9-7-13(8-10-14)6-5-11-15-4;1-10(2,3)12-6-4-11(5-7-12)8-9-13;1-10(2,3)12-7-6-9(8-12)11(4)5;1-10(2,3)11-7-5-4-6-8(11)9(12)13;2*1-8-7-10-5-6-11(8)9(2,3)4;1-8(2,3)9-6-4-5-7-9/h2*13H,4-12H2,1-3H3;12H,4-11H2,1-3H3;5-11H2,1-4H3;13H,4-9H2,1-3H3;9H,6-8H2,1-5H3;8H,4-7H2,1-3H3,(H,12,13);2*8,10H,5-7H2,1-4H3;4-7H2,1-3H3/t;;;;;;3*8-;/m......110./s1. The van der Waals surface area contributed by atoms with E-state index in [-0.39, 0.29) is 18.2 Å². The van der Waals surface area contributed by atoms with Crippen molar-refractivity contribution in [1.82, 2.24) is 89.0 Å². The molecule has 22 nitrogen and oxygen atoms in total. The van der Waals surface area contributed by atoms with Gasteiger partial charge in [0.15, 0.2) is 0 Å². The molecule has 13 rings (SSSR count). The van der Waals surface area contributed by atoms with Gasteiger partial charge in [-0.25, -0.2) is 0 Å². The van der Waals surface area contributed by atoms with Crippen molar-refractivity contribution < 1.29 is 19.7 Å². The van der Waals surface area contributed by atoms with Crippen LogP contribution in [-0.4, -0.2) is 443 Å². The second-order valence-electron chi connectivity index (χ2n) is 51.6. The van der Waals surface area contributed by atoms with Gasteiger partial charge in [0.1, 0.15) is 6.04 Å². The van der Waals surface area contributed by atoms with Gasteiger partial charge in [-0.3, -0.25) is 68.5 Å². The maximum Gasteiger partial charge on any atom is 0.320 e. The lowest BCUT2D eigenvalue weighted by Crippen LogP contribution is -2.56. The van der Waals surface area contributed by atoms with Crippen molar-refractivity contribution in [3.8, 4) is 0 Å². The molecule has 778 valence electrons. The van der Waals surface area contributed by atoms with E-state index < -0.39 is 5.97 Å². The summed E-state index contributed by atoms with van der Waals surface area (Å²) >= 11 is 0. The van der Waals surface area contributed by atoms with E-state index in [1.54, 1.807) is 7.11 Å². The first-order valence-electron chi connectivity index (χ1n) is 54.4. The van der Waals surface area contributed by atoms with Gasteiger partial charge in [-0.05, 0) is 358 Å². The van der Waals surface area contributed by atoms with E-state index >= 15 is 0 Å². The van der Waals surface area contributed by atoms with E-state index in [2.05, 4.69) is 325 Å². The van der Waals surface area contributed by atoms with Gasteiger partial charge in [-0.1, -0.05) is 44.9 Å². The van der Waals surface area contributed by atoms with E-state index in [0.717, 1.165) is 122 Å². The minimum absolute atomic E-state index is 0.0243. The van der Waals surface area contributed by atoms with Crippen LogP contribution in [0.3, 0.4) is 0 Å². The molecule has 13 aliphatic rings. The number of β-amino-alcohol motifs (C(OH)–C–C–N with tert-alkyl or cyclic N) is 1. The molecule has 0 aromatic heterocycles.